The van der Waals surface area contributed by atoms with E-state index in [0.29, 0.717) is 22.7 Å². The first kappa shape index (κ1) is 32.4. The van der Waals surface area contributed by atoms with Gasteiger partial charge in [0.1, 0.15) is 12.4 Å². The number of aryl methyl sites for hydroxylation is 1. The first-order valence-corrected chi connectivity index (χ1v) is 15.3. The summed E-state index contributed by atoms with van der Waals surface area (Å²) in [6.07, 6.45) is -5.14. The van der Waals surface area contributed by atoms with Gasteiger partial charge in [-0.25, -0.2) is 14.2 Å². The van der Waals surface area contributed by atoms with Gasteiger partial charge in [-0.3, -0.25) is 9.59 Å². The van der Waals surface area contributed by atoms with E-state index in [1.807, 2.05) is 26.8 Å². The highest BCUT2D eigenvalue weighted by Crippen LogP contribution is 2.36. The number of aromatic nitrogens is 4. The van der Waals surface area contributed by atoms with Crippen LogP contribution in [0, 0.1) is 6.92 Å². The topological polar surface area (TPSA) is 102 Å². The van der Waals surface area contributed by atoms with Crippen molar-refractivity contribution in [1.82, 2.24) is 24.2 Å². The Kier molecular flexibility index (Phi) is 8.96. The number of fused-ring (bicyclic) bond motifs is 1. The number of nitrogens with zero attached hydrogens (tertiary/aromatic N) is 5. The minimum atomic E-state index is -4.64. The zero-order valence-electron chi connectivity index (χ0n) is 25.4. The Labute approximate surface area is 266 Å². The van der Waals surface area contributed by atoms with Gasteiger partial charge >= 0.3 is 6.18 Å². The van der Waals surface area contributed by atoms with Crippen molar-refractivity contribution in [2.75, 3.05) is 6.61 Å². The van der Waals surface area contributed by atoms with Gasteiger partial charge < -0.3 is 14.7 Å². The molecule has 0 saturated carbocycles. The highest BCUT2D eigenvalue weighted by Gasteiger charge is 2.36. The van der Waals surface area contributed by atoms with Gasteiger partial charge in [-0.2, -0.15) is 18.3 Å². The summed E-state index contributed by atoms with van der Waals surface area (Å²) in [5.74, 6) is 0.242. The van der Waals surface area contributed by atoms with Crippen molar-refractivity contribution >= 4 is 21.8 Å². The fraction of sp³-hybridized carbons (Fsp3) is 0.375. The molecule has 9 nitrogen and oxygen atoms in total. The van der Waals surface area contributed by atoms with Crippen LogP contribution in [0.5, 0.6) is 5.75 Å². The molecule has 2 atom stereocenters. The molecule has 0 aliphatic carbocycles. The number of amides is 1. The highest BCUT2D eigenvalue weighted by atomic mass is 79.9. The lowest BCUT2D eigenvalue weighted by Crippen LogP contribution is -2.46. The maximum absolute atomic E-state index is 14.2. The third-order valence-electron chi connectivity index (χ3n) is 7.65. The largest absolute Gasteiger partial charge is 0.491 e. The Bertz CT molecular complexity index is 1800. The van der Waals surface area contributed by atoms with Crippen LogP contribution < -0.4 is 10.3 Å². The van der Waals surface area contributed by atoms with E-state index in [9.17, 15) is 27.9 Å². The molecule has 238 valence electrons. The molecular weight excluding hydrogens is 655 g/mol. The zero-order chi connectivity index (χ0) is 32.8. The maximum atomic E-state index is 14.2. The van der Waals surface area contributed by atoms with E-state index in [1.54, 1.807) is 42.8 Å². The molecule has 0 saturated heterocycles. The summed E-state index contributed by atoms with van der Waals surface area (Å²) in [4.78, 5) is 34.1. The van der Waals surface area contributed by atoms with Crippen molar-refractivity contribution in [2.45, 2.75) is 71.8 Å². The fourth-order valence-electron chi connectivity index (χ4n) is 5.23. The molecule has 45 heavy (non-hydrogen) atoms. The highest BCUT2D eigenvalue weighted by molar-refractivity contribution is 9.10. The smallest absolute Gasteiger partial charge is 0.417 e. The van der Waals surface area contributed by atoms with Crippen LogP contribution in [0.1, 0.15) is 72.2 Å². The third-order valence-corrected chi connectivity index (χ3v) is 8.34. The molecule has 2 unspecified atom stereocenters. The minimum absolute atomic E-state index is 0.0701. The van der Waals surface area contributed by atoms with Crippen LogP contribution in [-0.4, -0.2) is 54.0 Å². The van der Waals surface area contributed by atoms with Crippen LogP contribution in [0.25, 0.3) is 11.6 Å². The van der Waals surface area contributed by atoms with E-state index in [0.717, 1.165) is 17.5 Å². The average molecular weight is 689 g/mol. The molecule has 0 radical (unpaired) electrons. The van der Waals surface area contributed by atoms with Gasteiger partial charge in [-0.05, 0) is 81.6 Å². The van der Waals surface area contributed by atoms with Gasteiger partial charge in [0.15, 0.2) is 0 Å². The number of alkyl halides is 3. The van der Waals surface area contributed by atoms with E-state index in [4.69, 9.17) is 14.8 Å². The number of carbonyl (C=O) groups is 1. The predicted molar refractivity (Wildman–Crippen MR) is 165 cm³/mol. The molecule has 3 heterocycles. The summed E-state index contributed by atoms with van der Waals surface area (Å²) in [6.45, 7) is 9.27. The van der Waals surface area contributed by atoms with Crippen LogP contribution in [0.3, 0.4) is 0 Å². The molecule has 1 aliphatic rings. The van der Waals surface area contributed by atoms with E-state index >= 15 is 0 Å². The summed E-state index contributed by atoms with van der Waals surface area (Å²) >= 11 is 2.93. The number of benzene rings is 2. The van der Waals surface area contributed by atoms with Gasteiger partial charge in [-0.1, -0.05) is 29.8 Å². The molecule has 1 amide bonds. The minimum Gasteiger partial charge on any atom is -0.491 e. The monoisotopic (exact) mass is 687 g/mol. The first-order valence-electron chi connectivity index (χ1n) is 14.5. The molecule has 1 N–H and O–H groups in total. The van der Waals surface area contributed by atoms with E-state index in [1.165, 1.54) is 21.6 Å². The molecule has 2 aromatic heterocycles. The van der Waals surface area contributed by atoms with E-state index < -0.39 is 29.8 Å². The molecule has 13 heteroatoms. The summed E-state index contributed by atoms with van der Waals surface area (Å²) in [5.41, 5.74) is 1.41. The number of ether oxygens (including phenoxy) is 1. The van der Waals surface area contributed by atoms with Crippen molar-refractivity contribution in [3.05, 3.63) is 97.1 Å². The number of aliphatic hydroxyl groups excluding tert-OH is 1. The first-order chi connectivity index (χ1) is 21.1. The Balaban J connectivity index is 1.60. The lowest BCUT2D eigenvalue weighted by atomic mass is 9.98. The second kappa shape index (κ2) is 12.4. The second-order valence-electron chi connectivity index (χ2n) is 11.6. The number of carbonyl (C=O) groups excluding carboxylic acids is 1. The number of aliphatic hydroxyl groups is 1. The van der Waals surface area contributed by atoms with E-state index in [-0.39, 0.29) is 47.0 Å². The third kappa shape index (κ3) is 6.55. The molecule has 0 bridgehead atoms. The van der Waals surface area contributed by atoms with Crippen LogP contribution >= 0.6 is 15.9 Å². The molecule has 2 aromatic carbocycles. The van der Waals surface area contributed by atoms with Crippen molar-refractivity contribution in [1.29, 1.82) is 0 Å². The number of rotatable bonds is 7. The number of hydrogen-bond acceptors (Lipinski definition) is 6. The van der Waals surface area contributed by atoms with Crippen LogP contribution in [0.15, 0.2) is 57.8 Å². The number of hydrogen-bond donors (Lipinski definition) is 1. The summed E-state index contributed by atoms with van der Waals surface area (Å²) in [5, 5.41) is 14.3. The molecule has 1 aliphatic heterocycles. The van der Waals surface area contributed by atoms with Gasteiger partial charge in [0, 0.05) is 27.3 Å². The van der Waals surface area contributed by atoms with Crippen molar-refractivity contribution in [3.63, 3.8) is 0 Å². The zero-order valence-corrected chi connectivity index (χ0v) is 27.0. The average Bonchev–Trinajstić information content (AvgIpc) is 3.37. The van der Waals surface area contributed by atoms with E-state index in [2.05, 4.69) is 15.9 Å². The summed E-state index contributed by atoms with van der Waals surface area (Å²) < 4.78 is 49.2. The molecule has 0 spiro atoms. The van der Waals surface area contributed by atoms with Crippen molar-refractivity contribution in [3.8, 4) is 17.4 Å². The molecular formula is C32H33BrF3N5O4. The van der Waals surface area contributed by atoms with Crippen LogP contribution in [0.4, 0.5) is 13.2 Å². The molecule has 5 rings (SSSR count). The Morgan fingerprint density at radius 3 is 2.42 bits per heavy atom. The SMILES string of the molecule is Cc1cc(C(C)C)nn1-c1nc2c(c(=O)n1-c1ccc(OCC(C)O)cc1)CC(C)N(C(=O)c1ccc(Br)c(C(F)(F)F)c1)C2. The van der Waals surface area contributed by atoms with Crippen molar-refractivity contribution in [2.24, 2.45) is 0 Å². The van der Waals surface area contributed by atoms with Crippen molar-refractivity contribution < 1.29 is 27.8 Å². The predicted octanol–water partition coefficient (Wildman–Crippen LogP) is 5.98. The van der Waals surface area contributed by atoms with Crippen LogP contribution in [0.2, 0.25) is 0 Å². The Morgan fingerprint density at radius 2 is 1.82 bits per heavy atom. The lowest BCUT2D eigenvalue weighted by molar-refractivity contribution is -0.138. The molecule has 4 aromatic rings. The lowest BCUT2D eigenvalue weighted by Gasteiger charge is -2.34. The van der Waals surface area contributed by atoms with Crippen LogP contribution in [-0.2, 0) is 19.1 Å². The Hall–Kier alpha value is -3.97. The second-order valence-corrected chi connectivity index (χ2v) is 12.4. The van der Waals surface area contributed by atoms with Gasteiger partial charge in [0.2, 0.25) is 5.95 Å². The van der Waals surface area contributed by atoms with Gasteiger partial charge in [-0.15, -0.1) is 0 Å². The Morgan fingerprint density at radius 1 is 1.13 bits per heavy atom. The normalized spacial score (nSPS) is 15.7. The van der Waals surface area contributed by atoms with Gasteiger partial charge in [0.05, 0.1) is 35.3 Å². The standard InChI is InChI=1S/C32H33BrF3N5O4/c1-17(2)27-13-19(4)41(38-27)31-37-28-15-39(29(43)21-6-11-26(33)25(14-21)32(34,35)36)18(3)12-24(28)30(44)40(31)22-7-9-23(10-8-22)45-16-20(5)42/h6-11,13-14,17-18,20,42H,12,15-16H2,1-5H3. The maximum Gasteiger partial charge on any atom is 0.417 e. The molecule has 0 fully saturated rings. The summed E-state index contributed by atoms with van der Waals surface area (Å²) in [7, 11) is 0. The quantitative estimate of drug-likeness (QED) is 0.257. The van der Waals surface area contributed by atoms with Gasteiger partial charge in [0.25, 0.3) is 11.5 Å². The summed E-state index contributed by atoms with van der Waals surface area (Å²) in [6, 6.07) is 11.6. The number of halogens is 4. The fourth-order valence-corrected chi connectivity index (χ4v) is 5.70.